The van der Waals surface area contributed by atoms with Crippen LogP contribution in [0.15, 0.2) is 29.3 Å². The fraction of sp³-hybridized carbons (Fsp3) is 0.188. The summed E-state index contributed by atoms with van der Waals surface area (Å²) in [4.78, 5) is 29.6. The Morgan fingerprint density at radius 2 is 2.09 bits per heavy atom. The van der Waals surface area contributed by atoms with Gasteiger partial charge in [-0.1, -0.05) is 6.07 Å². The number of carbonyl (C=O) groups excluding carboxylic acids is 1. The number of rotatable bonds is 2. The molecule has 0 atom stereocenters. The van der Waals surface area contributed by atoms with E-state index >= 15 is 0 Å². The van der Waals surface area contributed by atoms with Crippen LogP contribution in [0.5, 0.6) is 0 Å². The Morgan fingerprint density at radius 3 is 2.78 bits per heavy atom. The molecule has 7 heteroatoms. The number of hydrogen-bond acceptors (Lipinski definition) is 4. The highest BCUT2D eigenvalue weighted by molar-refractivity contribution is 7.20. The molecule has 0 aliphatic rings. The lowest BCUT2D eigenvalue weighted by molar-refractivity contribution is 0.102. The number of fused-ring (bicyclic) bond motifs is 1. The normalized spacial score (nSPS) is 11.0. The number of nitrogens with zero attached hydrogens (tertiary/aromatic N) is 2. The summed E-state index contributed by atoms with van der Waals surface area (Å²) in [5.41, 5.74) is 1.23. The highest BCUT2D eigenvalue weighted by Gasteiger charge is 2.19. The molecule has 3 rings (SSSR count). The molecule has 2 aromatic heterocycles. The Kier molecular flexibility index (Phi) is 3.73. The molecule has 0 radical (unpaired) electrons. The number of anilines is 1. The summed E-state index contributed by atoms with van der Waals surface area (Å²) in [5, 5.41) is 2.97. The van der Waals surface area contributed by atoms with E-state index in [4.69, 9.17) is 0 Å². The van der Waals surface area contributed by atoms with E-state index in [0.29, 0.717) is 20.7 Å². The molecular formula is C16H14FN3O2S. The third-order valence-electron chi connectivity index (χ3n) is 3.59. The van der Waals surface area contributed by atoms with Gasteiger partial charge >= 0.3 is 0 Å². The number of hydrogen-bond donors (Lipinski definition) is 1. The van der Waals surface area contributed by atoms with E-state index < -0.39 is 11.7 Å². The average Bonchev–Trinajstić information content (AvgIpc) is 2.84. The zero-order valence-electron chi connectivity index (χ0n) is 12.8. The Hall–Kier alpha value is -2.54. The molecule has 3 aromatic rings. The molecule has 0 saturated carbocycles. The molecular weight excluding hydrogens is 317 g/mol. The summed E-state index contributed by atoms with van der Waals surface area (Å²) >= 11 is 1.12. The molecule has 0 aliphatic carbocycles. The summed E-state index contributed by atoms with van der Waals surface area (Å²) in [6, 6.07) is 4.58. The third kappa shape index (κ3) is 2.63. The van der Waals surface area contributed by atoms with Crippen molar-refractivity contribution in [1.82, 2.24) is 9.55 Å². The number of thiophene rings is 1. The van der Waals surface area contributed by atoms with Gasteiger partial charge in [0.15, 0.2) is 0 Å². The average molecular weight is 331 g/mol. The molecule has 0 unspecified atom stereocenters. The lowest BCUT2D eigenvalue weighted by Crippen LogP contribution is -2.17. The number of aryl methyl sites for hydroxylation is 3. The highest BCUT2D eigenvalue weighted by atomic mass is 32.1. The van der Waals surface area contributed by atoms with E-state index in [9.17, 15) is 14.0 Å². The summed E-state index contributed by atoms with van der Waals surface area (Å²) < 4.78 is 15.2. The second-order valence-electron chi connectivity index (χ2n) is 5.33. The first-order valence-corrected chi connectivity index (χ1v) is 7.72. The molecule has 0 aliphatic heterocycles. The van der Waals surface area contributed by atoms with Crippen LogP contribution in [0.1, 0.15) is 20.8 Å². The molecule has 0 fully saturated rings. The predicted octanol–water partition coefficient (Wildman–Crippen LogP) is 3.00. The largest absolute Gasteiger partial charge is 0.319 e. The van der Waals surface area contributed by atoms with Gasteiger partial charge in [0.2, 0.25) is 0 Å². The number of halogens is 1. The van der Waals surface area contributed by atoms with Crippen molar-refractivity contribution in [1.29, 1.82) is 0 Å². The Balaban J connectivity index is 2.03. The van der Waals surface area contributed by atoms with E-state index in [1.165, 1.54) is 23.0 Å². The van der Waals surface area contributed by atoms with Crippen molar-refractivity contribution in [2.45, 2.75) is 13.8 Å². The molecule has 23 heavy (non-hydrogen) atoms. The van der Waals surface area contributed by atoms with Gasteiger partial charge in [-0.3, -0.25) is 9.59 Å². The monoisotopic (exact) mass is 331 g/mol. The second kappa shape index (κ2) is 5.58. The summed E-state index contributed by atoms with van der Waals surface area (Å²) in [6.45, 7) is 3.47. The van der Waals surface area contributed by atoms with Gasteiger partial charge < -0.3 is 9.88 Å². The van der Waals surface area contributed by atoms with Gasteiger partial charge in [-0.15, -0.1) is 11.3 Å². The van der Waals surface area contributed by atoms with Crippen molar-refractivity contribution in [2.24, 2.45) is 7.05 Å². The molecule has 0 spiro atoms. The first kappa shape index (κ1) is 15.4. The number of nitrogens with one attached hydrogen (secondary N) is 1. The highest BCUT2D eigenvalue weighted by Crippen LogP contribution is 2.28. The molecule has 5 nitrogen and oxygen atoms in total. The molecule has 1 aromatic carbocycles. The van der Waals surface area contributed by atoms with Crippen LogP contribution < -0.4 is 10.9 Å². The van der Waals surface area contributed by atoms with Crippen molar-refractivity contribution in [3.05, 3.63) is 56.7 Å². The lowest BCUT2D eigenvalue weighted by atomic mass is 10.2. The topological polar surface area (TPSA) is 64.0 Å². The molecule has 118 valence electrons. The van der Waals surface area contributed by atoms with Crippen LogP contribution in [-0.4, -0.2) is 15.5 Å². The van der Waals surface area contributed by atoms with Crippen LogP contribution in [0.4, 0.5) is 10.1 Å². The maximum absolute atomic E-state index is 13.9. The summed E-state index contributed by atoms with van der Waals surface area (Å²) in [5.74, 6) is -0.943. The standard InChI is InChI=1S/C16H14FN3O2S/c1-8-4-5-11(10(17)6-8)19-14(21)13-9(2)12-15(23-13)18-7-20(3)16(12)22/h4-7H,1-3H3,(H,19,21). The minimum absolute atomic E-state index is 0.110. The van der Waals surface area contributed by atoms with E-state index in [2.05, 4.69) is 10.3 Å². The maximum Gasteiger partial charge on any atom is 0.266 e. The predicted molar refractivity (Wildman–Crippen MR) is 88.7 cm³/mol. The fourth-order valence-corrected chi connectivity index (χ4v) is 3.36. The van der Waals surface area contributed by atoms with Crippen LogP contribution in [-0.2, 0) is 7.05 Å². The maximum atomic E-state index is 13.9. The second-order valence-corrected chi connectivity index (χ2v) is 6.33. The first-order chi connectivity index (χ1) is 10.9. The van der Waals surface area contributed by atoms with E-state index in [1.54, 1.807) is 27.0 Å². The number of carbonyl (C=O) groups is 1. The van der Waals surface area contributed by atoms with Crippen LogP contribution in [0, 0.1) is 19.7 Å². The smallest absolute Gasteiger partial charge is 0.266 e. The van der Waals surface area contributed by atoms with E-state index in [-0.39, 0.29) is 11.2 Å². The van der Waals surface area contributed by atoms with Crippen molar-refractivity contribution in [2.75, 3.05) is 5.32 Å². The van der Waals surface area contributed by atoms with Gasteiger partial charge in [0.1, 0.15) is 10.6 Å². The quantitative estimate of drug-likeness (QED) is 0.785. The van der Waals surface area contributed by atoms with Crippen LogP contribution in [0.2, 0.25) is 0 Å². The van der Waals surface area contributed by atoms with Crippen molar-refractivity contribution < 1.29 is 9.18 Å². The number of amides is 1. The van der Waals surface area contributed by atoms with Crippen molar-refractivity contribution >= 4 is 33.1 Å². The Bertz CT molecular complexity index is 991. The molecule has 2 heterocycles. The van der Waals surface area contributed by atoms with E-state index in [1.807, 2.05) is 0 Å². The number of benzene rings is 1. The fourth-order valence-electron chi connectivity index (χ4n) is 2.33. The minimum Gasteiger partial charge on any atom is -0.319 e. The van der Waals surface area contributed by atoms with Gasteiger partial charge in [0.25, 0.3) is 11.5 Å². The van der Waals surface area contributed by atoms with Gasteiger partial charge in [0.05, 0.1) is 22.3 Å². The minimum atomic E-state index is -0.494. The SMILES string of the molecule is Cc1ccc(NC(=O)c2sc3ncn(C)c(=O)c3c2C)c(F)c1. The van der Waals surface area contributed by atoms with Crippen molar-refractivity contribution in [3.63, 3.8) is 0 Å². The third-order valence-corrected chi connectivity index (χ3v) is 4.79. The van der Waals surface area contributed by atoms with Gasteiger partial charge in [-0.05, 0) is 37.1 Å². The van der Waals surface area contributed by atoms with Crippen molar-refractivity contribution in [3.8, 4) is 0 Å². The summed E-state index contributed by atoms with van der Waals surface area (Å²) in [6.07, 6.45) is 1.42. The zero-order chi connectivity index (χ0) is 16.7. The molecule has 1 amide bonds. The van der Waals surface area contributed by atoms with Gasteiger partial charge in [-0.2, -0.15) is 0 Å². The number of aromatic nitrogens is 2. The Morgan fingerprint density at radius 1 is 1.35 bits per heavy atom. The first-order valence-electron chi connectivity index (χ1n) is 6.90. The van der Waals surface area contributed by atoms with Crippen LogP contribution >= 0.6 is 11.3 Å². The molecule has 1 N–H and O–H groups in total. The lowest BCUT2D eigenvalue weighted by Gasteiger charge is -2.06. The zero-order valence-corrected chi connectivity index (χ0v) is 13.6. The van der Waals surface area contributed by atoms with Gasteiger partial charge in [-0.25, -0.2) is 9.37 Å². The Labute approximate surface area is 135 Å². The molecule has 0 saturated heterocycles. The summed E-state index contributed by atoms with van der Waals surface area (Å²) in [7, 11) is 1.60. The van der Waals surface area contributed by atoms with E-state index in [0.717, 1.165) is 16.9 Å². The van der Waals surface area contributed by atoms with Gasteiger partial charge in [0, 0.05) is 7.05 Å². The van der Waals surface area contributed by atoms with Crippen LogP contribution in [0.3, 0.4) is 0 Å². The molecule has 0 bridgehead atoms. The van der Waals surface area contributed by atoms with Crippen LogP contribution in [0.25, 0.3) is 10.2 Å².